The van der Waals surface area contributed by atoms with Gasteiger partial charge in [0.15, 0.2) is 9.84 Å². The van der Waals surface area contributed by atoms with E-state index >= 15 is 0 Å². The summed E-state index contributed by atoms with van der Waals surface area (Å²) in [5.74, 6) is -0.674. The molecule has 2 aromatic carbocycles. The molecule has 0 aliphatic carbocycles. The first-order valence-corrected chi connectivity index (χ1v) is 7.84. The van der Waals surface area contributed by atoms with Crippen LogP contribution in [0.15, 0.2) is 53.4 Å². The molecule has 0 aliphatic rings. The maximum absolute atomic E-state index is 13.9. The molecule has 0 aromatic heterocycles. The minimum atomic E-state index is -3.80. The monoisotopic (exact) mass is 313 g/mol. The van der Waals surface area contributed by atoms with Gasteiger partial charge < -0.3 is 5.73 Å². The van der Waals surface area contributed by atoms with Crippen molar-refractivity contribution >= 4 is 21.4 Å². The van der Waals surface area contributed by atoms with Crippen LogP contribution in [0.5, 0.6) is 0 Å². The Kier molecular flexibility index (Phi) is 4.42. The largest absolute Gasteiger partial charge is 0.329 e. The highest BCUT2D eigenvalue weighted by molar-refractivity contribution is 7.91. The van der Waals surface area contributed by atoms with Gasteiger partial charge in [0, 0.05) is 17.1 Å². The van der Waals surface area contributed by atoms with E-state index in [1.165, 1.54) is 30.3 Å². The van der Waals surface area contributed by atoms with E-state index in [1.54, 1.807) is 18.2 Å². The van der Waals surface area contributed by atoms with Gasteiger partial charge in [-0.05, 0) is 24.3 Å². The number of rotatable bonds is 4. The number of halogens is 2. The van der Waals surface area contributed by atoms with Gasteiger partial charge in [0.25, 0.3) is 0 Å². The molecule has 106 valence electrons. The first-order valence-electron chi connectivity index (χ1n) is 5.91. The molecule has 0 unspecified atom stereocenters. The molecule has 0 spiro atoms. The number of benzene rings is 2. The average Bonchev–Trinajstić information content (AvgIpc) is 2.43. The molecule has 1 atom stereocenters. The number of nitrogens with two attached hydrogens (primary N) is 1. The van der Waals surface area contributed by atoms with Crippen LogP contribution in [-0.2, 0) is 9.84 Å². The molecule has 2 rings (SSSR count). The Hall–Kier alpha value is -1.43. The van der Waals surface area contributed by atoms with Crippen LogP contribution in [0.1, 0.15) is 10.8 Å². The SMILES string of the molecule is NC[C@@H](c1c(F)cccc1Cl)S(=O)(=O)c1ccccc1. The minimum absolute atomic E-state index is 0.0555. The van der Waals surface area contributed by atoms with Gasteiger partial charge in [0.1, 0.15) is 11.1 Å². The Morgan fingerprint density at radius 3 is 2.30 bits per heavy atom. The first-order chi connectivity index (χ1) is 9.48. The molecule has 3 nitrogen and oxygen atoms in total. The van der Waals surface area contributed by atoms with Gasteiger partial charge in [-0.1, -0.05) is 35.9 Å². The lowest BCUT2D eigenvalue weighted by atomic mass is 10.1. The van der Waals surface area contributed by atoms with Gasteiger partial charge in [-0.2, -0.15) is 0 Å². The van der Waals surface area contributed by atoms with E-state index in [0.717, 1.165) is 0 Å². The highest BCUT2D eigenvalue weighted by Gasteiger charge is 2.31. The van der Waals surface area contributed by atoms with Crippen molar-refractivity contribution in [3.8, 4) is 0 Å². The van der Waals surface area contributed by atoms with E-state index in [1.807, 2.05) is 0 Å². The average molecular weight is 314 g/mol. The molecular weight excluding hydrogens is 301 g/mol. The van der Waals surface area contributed by atoms with Crippen LogP contribution in [0.25, 0.3) is 0 Å². The topological polar surface area (TPSA) is 60.2 Å². The zero-order chi connectivity index (χ0) is 14.8. The summed E-state index contributed by atoms with van der Waals surface area (Å²) in [6.07, 6.45) is 0. The molecule has 0 saturated carbocycles. The van der Waals surface area contributed by atoms with Crippen LogP contribution in [0.4, 0.5) is 4.39 Å². The predicted molar refractivity (Wildman–Crippen MR) is 76.8 cm³/mol. The van der Waals surface area contributed by atoms with Crippen molar-refractivity contribution in [3.05, 3.63) is 64.9 Å². The summed E-state index contributed by atoms with van der Waals surface area (Å²) in [5.41, 5.74) is 5.48. The van der Waals surface area contributed by atoms with Crippen LogP contribution in [0.3, 0.4) is 0 Å². The van der Waals surface area contributed by atoms with Crippen molar-refractivity contribution < 1.29 is 12.8 Å². The zero-order valence-corrected chi connectivity index (χ0v) is 12.0. The van der Waals surface area contributed by atoms with Crippen molar-refractivity contribution in [1.82, 2.24) is 0 Å². The van der Waals surface area contributed by atoms with Gasteiger partial charge in [0.2, 0.25) is 0 Å². The summed E-state index contributed by atoms with van der Waals surface area (Å²) in [6.45, 7) is -0.252. The Morgan fingerprint density at radius 1 is 1.10 bits per heavy atom. The normalized spacial score (nSPS) is 13.2. The lowest BCUT2D eigenvalue weighted by Crippen LogP contribution is -2.23. The summed E-state index contributed by atoms with van der Waals surface area (Å²) in [7, 11) is -3.80. The summed E-state index contributed by atoms with van der Waals surface area (Å²) < 4.78 is 39.1. The number of hydrogen-bond donors (Lipinski definition) is 1. The molecule has 6 heteroatoms. The quantitative estimate of drug-likeness (QED) is 0.944. The van der Waals surface area contributed by atoms with E-state index in [9.17, 15) is 12.8 Å². The molecule has 0 heterocycles. The van der Waals surface area contributed by atoms with Crippen molar-refractivity contribution in [1.29, 1.82) is 0 Å². The molecule has 20 heavy (non-hydrogen) atoms. The highest BCUT2D eigenvalue weighted by Crippen LogP contribution is 2.34. The Labute approximate surface area is 122 Å². The fourth-order valence-corrected chi connectivity index (χ4v) is 4.02. The second-order valence-corrected chi connectivity index (χ2v) is 6.76. The van der Waals surface area contributed by atoms with E-state index in [-0.39, 0.29) is 22.0 Å². The summed E-state index contributed by atoms with van der Waals surface area (Å²) in [5, 5.41) is -1.15. The van der Waals surface area contributed by atoms with Crippen molar-refractivity contribution in [2.24, 2.45) is 5.73 Å². The smallest absolute Gasteiger partial charge is 0.186 e. The standard InChI is InChI=1S/C14H13ClFNO2S/c15-11-7-4-8-12(16)14(11)13(9-17)20(18,19)10-5-2-1-3-6-10/h1-8,13H,9,17H2/t13-/m0/s1. The van der Waals surface area contributed by atoms with E-state index in [0.29, 0.717) is 0 Å². The molecule has 0 aliphatic heterocycles. The summed E-state index contributed by atoms with van der Waals surface area (Å²) >= 11 is 5.94. The minimum Gasteiger partial charge on any atom is -0.329 e. The molecule has 0 radical (unpaired) electrons. The van der Waals surface area contributed by atoms with Crippen molar-refractivity contribution in [2.75, 3.05) is 6.54 Å². The predicted octanol–water partition coefficient (Wildman–Crippen LogP) is 2.95. The third kappa shape index (κ3) is 2.70. The van der Waals surface area contributed by atoms with Gasteiger partial charge in [-0.3, -0.25) is 0 Å². The van der Waals surface area contributed by atoms with E-state index in [2.05, 4.69) is 0 Å². The first kappa shape index (κ1) is 15.0. The molecule has 2 aromatic rings. The van der Waals surface area contributed by atoms with Gasteiger partial charge in [0.05, 0.1) is 4.90 Å². The third-order valence-corrected chi connectivity index (χ3v) is 5.42. The van der Waals surface area contributed by atoms with E-state index in [4.69, 9.17) is 17.3 Å². The van der Waals surface area contributed by atoms with Crippen LogP contribution in [0.2, 0.25) is 5.02 Å². The van der Waals surface area contributed by atoms with Crippen molar-refractivity contribution in [3.63, 3.8) is 0 Å². The van der Waals surface area contributed by atoms with Gasteiger partial charge >= 0.3 is 0 Å². The lowest BCUT2D eigenvalue weighted by Gasteiger charge is -2.18. The lowest BCUT2D eigenvalue weighted by molar-refractivity contribution is 0.568. The van der Waals surface area contributed by atoms with Crippen LogP contribution >= 0.6 is 11.6 Å². The summed E-state index contributed by atoms with van der Waals surface area (Å²) in [4.78, 5) is 0.0924. The van der Waals surface area contributed by atoms with Crippen LogP contribution in [0, 0.1) is 5.82 Å². The van der Waals surface area contributed by atoms with Crippen LogP contribution < -0.4 is 5.73 Å². The maximum Gasteiger partial charge on any atom is 0.186 e. The molecule has 2 N–H and O–H groups in total. The second-order valence-electron chi connectivity index (χ2n) is 4.22. The molecular formula is C14H13ClFNO2S. The molecule has 0 amide bonds. The zero-order valence-electron chi connectivity index (χ0n) is 10.5. The summed E-state index contributed by atoms with van der Waals surface area (Å²) in [6, 6.07) is 11.8. The highest BCUT2D eigenvalue weighted by atomic mass is 35.5. The third-order valence-electron chi connectivity index (χ3n) is 2.98. The van der Waals surface area contributed by atoms with Crippen LogP contribution in [-0.4, -0.2) is 15.0 Å². The number of sulfone groups is 1. The van der Waals surface area contributed by atoms with E-state index < -0.39 is 20.9 Å². The number of hydrogen-bond acceptors (Lipinski definition) is 3. The Bertz CT molecular complexity index is 684. The Morgan fingerprint density at radius 2 is 1.75 bits per heavy atom. The van der Waals surface area contributed by atoms with Crippen molar-refractivity contribution in [2.45, 2.75) is 10.1 Å². The second kappa shape index (κ2) is 5.91. The Balaban J connectivity index is 2.59. The fourth-order valence-electron chi connectivity index (χ4n) is 1.99. The van der Waals surface area contributed by atoms with Gasteiger partial charge in [-0.15, -0.1) is 0 Å². The fraction of sp³-hybridized carbons (Fsp3) is 0.143. The van der Waals surface area contributed by atoms with Gasteiger partial charge in [-0.25, -0.2) is 12.8 Å². The molecule has 0 bridgehead atoms. The molecule has 0 saturated heterocycles. The maximum atomic E-state index is 13.9. The molecule has 0 fully saturated rings.